The van der Waals surface area contributed by atoms with Crippen LogP contribution < -0.4 is 5.32 Å². The molecule has 0 heterocycles. The number of rotatable bonds is 4. The highest BCUT2D eigenvalue weighted by Crippen LogP contribution is 2.11. The molecule has 3 heteroatoms. The van der Waals surface area contributed by atoms with Crippen LogP contribution in [0.5, 0.6) is 0 Å². The van der Waals surface area contributed by atoms with Crippen molar-refractivity contribution in [3.8, 4) is 6.07 Å². The van der Waals surface area contributed by atoms with Gasteiger partial charge in [-0.2, -0.15) is 5.26 Å². The van der Waals surface area contributed by atoms with E-state index in [4.69, 9.17) is 5.26 Å². The molecule has 0 radical (unpaired) electrons. The maximum Gasteiger partial charge on any atom is 0.225 e. The molecule has 0 saturated heterocycles. The molecule has 0 aromatic heterocycles. The SMILES string of the molecule is CCC(C#N)NC(=O)Cc1cc(C)ccc1C. The van der Waals surface area contributed by atoms with E-state index in [0.29, 0.717) is 12.8 Å². The van der Waals surface area contributed by atoms with Crippen LogP contribution in [-0.4, -0.2) is 11.9 Å². The number of nitrogens with one attached hydrogen (secondary N) is 1. The molecular weight excluding hydrogens is 212 g/mol. The van der Waals surface area contributed by atoms with E-state index in [1.165, 1.54) is 0 Å². The molecule has 90 valence electrons. The van der Waals surface area contributed by atoms with Gasteiger partial charge in [-0.15, -0.1) is 0 Å². The van der Waals surface area contributed by atoms with Gasteiger partial charge in [-0.25, -0.2) is 0 Å². The Kier molecular flexibility index (Phi) is 4.71. The molecule has 1 aromatic rings. The minimum Gasteiger partial charge on any atom is -0.340 e. The third-order valence-corrected chi connectivity index (χ3v) is 2.75. The van der Waals surface area contributed by atoms with E-state index in [1.807, 2.05) is 39.0 Å². The van der Waals surface area contributed by atoms with Crippen LogP contribution in [0, 0.1) is 25.2 Å². The lowest BCUT2D eigenvalue weighted by molar-refractivity contribution is -0.120. The minimum absolute atomic E-state index is 0.0906. The van der Waals surface area contributed by atoms with Crippen LogP contribution in [0.4, 0.5) is 0 Å². The highest BCUT2D eigenvalue weighted by molar-refractivity contribution is 5.79. The van der Waals surface area contributed by atoms with Gasteiger partial charge in [0.1, 0.15) is 6.04 Å². The minimum atomic E-state index is -0.382. The molecule has 0 aliphatic rings. The lowest BCUT2D eigenvalue weighted by Crippen LogP contribution is -2.34. The first-order valence-electron chi connectivity index (χ1n) is 5.82. The summed E-state index contributed by atoms with van der Waals surface area (Å²) in [7, 11) is 0. The van der Waals surface area contributed by atoms with Crippen LogP contribution in [0.3, 0.4) is 0 Å². The van der Waals surface area contributed by atoms with Gasteiger partial charge < -0.3 is 5.32 Å². The zero-order valence-corrected chi connectivity index (χ0v) is 10.6. The van der Waals surface area contributed by atoms with Gasteiger partial charge in [-0.05, 0) is 31.4 Å². The normalized spacial score (nSPS) is 11.6. The standard InChI is InChI=1S/C14H18N2O/c1-4-13(9-15)16-14(17)8-12-7-10(2)5-6-11(12)3/h5-7,13H,4,8H2,1-3H3,(H,16,17). The van der Waals surface area contributed by atoms with Crippen molar-refractivity contribution < 1.29 is 4.79 Å². The number of carbonyl (C=O) groups is 1. The van der Waals surface area contributed by atoms with Crippen molar-refractivity contribution in [2.75, 3.05) is 0 Å². The quantitative estimate of drug-likeness (QED) is 0.862. The van der Waals surface area contributed by atoms with Gasteiger partial charge >= 0.3 is 0 Å². The Labute approximate surface area is 102 Å². The Bertz CT molecular complexity index is 446. The van der Waals surface area contributed by atoms with Crippen molar-refractivity contribution >= 4 is 5.91 Å². The van der Waals surface area contributed by atoms with Crippen molar-refractivity contribution in [2.45, 2.75) is 39.7 Å². The van der Waals surface area contributed by atoms with Gasteiger partial charge in [0.15, 0.2) is 0 Å². The predicted molar refractivity (Wildman–Crippen MR) is 67.5 cm³/mol. The summed E-state index contributed by atoms with van der Waals surface area (Å²) in [5.74, 6) is -0.0906. The number of amides is 1. The second-order valence-corrected chi connectivity index (χ2v) is 4.26. The third-order valence-electron chi connectivity index (χ3n) is 2.75. The zero-order valence-electron chi connectivity index (χ0n) is 10.6. The van der Waals surface area contributed by atoms with Gasteiger partial charge in [-0.1, -0.05) is 30.7 Å². The fourth-order valence-corrected chi connectivity index (χ4v) is 1.63. The van der Waals surface area contributed by atoms with E-state index >= 15 is 0 Å². The summed E-state index contributed by atoms with van der Waals surface area (Å²) in [5.41, 5.74) is 3.27. The predicted octanol–water partition coefficient (Wildman–Crippen LogP) is 2.26. The molecule has 1 N–H and O–H groups in total. The van der Waals surface area contributed by atoms with Crippen molar-refractivity contribution in [1.29, 1.82) is 5.26 Å². The van der Waals surface area contributed by atoms with Gasteiger partial charge in [0.05, 0.1) is 12.5 Å². The summed E-state index contributed by atoms with van der Waals surface area (Å²) in [5, 5.41) is 11.5. The number of nitriles is 1. The lowest BCUT2D eigenvalue weighted by atomic mass is 10.0. The highest BCUT2D eigenvalue weighted by atomic mass is 16.1. The Morgan fingerprint density at radius 3 is 2.76 bits per heavy atom. The van der Waals surface area contributed by atoms with Gasteiger partial charge in [-0.3, -0.25) is 4.79 Å². The third kappa shape index (κ3) is 3.92. The zero-order chi connectivity index (χ0) is 12.8. The number of nitrogens with zero attached hydrogens (tertiary/aromatic N) is 1. The molecule has 0 aliphatic heterocycles. The average molecular weight is 230 g/mol. The molecule has 1 unspecified atom stereocenters. The molecular formula is C14H18N2O. The molecule has 17 heavy (non-hydrogen) atoms. The summed E-state index contributed by atoms with van der Waals surface area (Å²) in [6.07, 6.45) is 0.973. The summed E-state index contributed by atoms with van der Waals surface area (Å²) >= 11 is 0. The number of carbonyl (C=O) groups excluding carboxylic acids is 1. The molecule has 0 bridgehead atoms. The van der Waals surface area contributed by atoms with Gasteiger partial charge in [0.2, 0.25) is 5.91 Å². The summed E-state index contributed by atoms with van der Waals surface area (Å²) in [4.78, 5) is 11.7. The van der Waals surface area contributed by atoms with Crippen molar-refractivity contribution in [2.24, 2.45) is 0 Å². The maximum absolute atomic E-state index is 11.7. The van der Waals surface area contributed by atoms with Gasteiger partial charge in [0.25, 0.3) is 0 Å². The van der Waals surface area contributed by atoms with Crippen molar-refractivity contribution in [1.82, 2.24) is 5.32 Å². The van der Waals surface area contributed by atoms with E-state index in [9.17, 15) is 4.79 Å². The van der Waals surface area contributed by atoms with Crippen LogP contribution in [0.2, 0.25) is 0 Å². The first-order valence-corrected chi connectivity index (χ1v) is 5.82. The molecule has 1 atom stereocenters. The number of benzene rings is 1. The summed E-state index contributed by atoms with van der Waals surface area (Å²) in [6, 6.07) is 7.74. The molecule has 3 nitrogen and oxygen atoms in total. The van der Waals surface area contributed by atoms with Gasteiger partial charge in [0, 0.05) is 0 Å². The second kappa shape index (κ2) is 6.05. The largest absolute Gasteiger partial charge is 0.340 e. The molecule has 0 fully saturated rings. The summed E-state index contributed by atoms with van der Waals surface area (Å²) < 4.78 is 0. The smallest absolute Gasteiger partial charge is 0.225 e. The molecule has 1 amide bonds. The first-order chi connectivity index (χ1) is 8.06. The van der Waals surface area contributed by atoms with E-state index in [-0.39, 0.29) is 11.9 Å². The van der Waals surface area contributed by atoms with Crippen LogP contribution in [0.1, 0.15) is 30.0 Å². The molecule has 1 aromatic carbocycles. The average Bonchev–Trinajstić information content (AvgIpc) is 2.31. The molecule has 0 saturated carbocycles. The Morgan fingerprint density at radius 2 is 2.18 bits per heavy atom. The van der Waals surface area contributed by atoms with Crippen LogP contribution >= 0.6 is 0 Å². The van der Waals surface area contributed by atoms with E-state index in [0.717, 1.165) is 16.7 Å². The molecule has 1 rings (SSSR count). The Balaban J connectivity index is 2.68. The fourth-order valence-electron chi connectivity index (χ4n) is 1.63. The Morgan fingerprint density at radius 1 is 1.47 bits per heavy atom. The number of hydrogen-bond acceptors (Lipinski definition) is 2. The monoisotopic (exact) mass is 230 g/mol. The van der Waals surface area contributed by atoms with E-state index in [2.05, 4.69) is 11.4 Å². The number of aryl methyl sites for hydroxylation is 2. The number of hydrogen-bond donors (Lipinski definition) is 1. The van der Waals surface area contributed by atoms with Crippen LogP contribution in [0.25, 0.3) is 0 Å². The van der Waals surface area contributed by atoms with Crippen LogP contribution in [-0.2, 0) is 11.2 Å². The van der Waals surface area contributed by atoms with Crippen molar-refractivity contribution in [3.05, 3.63) is 34.9 Å². The Hall–Kier alpha value is -1.82. The van der Waals surface area contributed by atoms with E-state index < -0.39 is 0 Å². The lowest BCUT2D eigenvalue weighted by Gasteiger charge is -2.11. The van der Waals surface area contributed by atoms with Crippen molar-refractivity contribution in [3.63, 3.8) is 0 Å². The fraction of sp³-hybridized carbons (Fsp3) is 0.429. The molecule has 0 spiro atoms. The van der Waals surface area contributed by atoms with Crippen LogP contribution in [0.15, 0.2) is 18.2 Å². The highest BCUT2D eigenvalue weighted by Gasteiger charge is 2.10. The molecule has 0 aliphatic carbocycles. The summed E-state index contributed by atoms with van der Waals surface area (Å²) in [6.45, 7) is 5.88. The maximum atomic E-state index is 11.7. The van der Waals surface area contributed by atoms with E-state index in [1.54, 1.807) is 0 Å². The topological polar surface area (TPSA) is 52.9 Å². The first kappa shape index (κ1) is 13.2. The second-order valence-electron chi connectivity index (χ2n) is 4.26.